The highest BCUT2D eigenvalue weighted by Crippen LogP contribution is 2.23. The fourth-order valence-electron chi connectivity index (χ4n) is 1.58. The van der Waals surface area contributed by atoms with Gasteiger partial charge in [0, 0.05) is 18.3 Å². The predicted octanol–water partition coefficient (Wildman–Crippen LogP) is 1.73. The minimum atomic E-state index is -0.230. The van der Waals surface area contributed by atoms with Gasteiger partial charge in [-0.1, -0.05) is 6.92 Å². The number of carbonyl (C=O) groups is 1. The van der Waals surface area contributed by atoms with Crippen LogP contribution in [0, 0.1) is 0 Å². The maximum absolute atomic E-state index is 11.6. The van der Waals surface area contributed by atoms with Crippen molar-refractivity contribution in [3.63, 3.8) is 0 Å². The normalized spacial score (nSPS) is 10.6. The molecule has 0 aliphatic carbocycles. The van der Waals surface area contributed by atoms with Crippen molar-refractivity contribution in [2.45, 2.75) is 37.0 Å². The molecule has 0 bridgehead atoms. The summed E-state index contributed by atoms with van der Waals surface area (Å²) in [6, 6.07) is 3.36. The molecule has 6 nitrogen and oxygen atoms in total. The van der Waals surface area contributed by atoms with E-state index >= 15 is 0 Å². The maximum atomic E-state index is 11.6. The third kappa shape index (κ3) is 3.11. The monoisotopic (exact) mass is 278 g/mol. The van der Waals surface area contributed by atoms with Crippen LogP contribution in [-0.4, -0.2) is 25.5 Å². The highest BCUT2D eigenvalue weighted by molar-refractivity contribution is 7.99. The molecular formula is C12H14N4O2S. The largest absolute Gasteiger partial charge is 0.343 e. The van der Waals surface area contributed by atoms with Crippen molar-refractivity contribution in [2.75, 3.05) is 0 Å². The fraction of sp³-hybridized carbons (Fsp3) is 0.333. The van der Waals surface area contributed by atoms with E-state index in [2.05, 4.69) is 15.2 Å². The van der Waals surface area contributed by atoms with Gasteiger partial charge in [0.2, 0.25) is 0 Å². The van der Waals surface area contributed by atoms with E-state index < -0.39 is 0 Å². The predicted molar refractivity (Wildman–Crippen MR) is 71.5 cm³/mol. The molecule has 2 heterocycles. The molecule has 2 rings (SSSR count). The van der Waals surface area contributed by atoms with Gasteiger partial charge in [0.1, 0.15) is 5.03 Å². The van der Waals surface area contributed by atoms with Gasteiger partial charge in [0.15, 0.2) is 10.9 Å². The molecule has 0 saturated heterocycles. The third-order valence-electron chi connectivity index (χ3n) is 2.51. The number of ketones is 1. The summed E-state index contributed by atoms with van der Waals surface area (Å²) in [4.78, 5) is 27.0. The highest BCUT2D eigenvalue weighted by atomic mass is 32.2. The molecule has 1 N–H and O–H groups in total. The second kappa shape index (κ2) is 5.83. The van der Waals surface area contributed by atoms with Gasteiger partial charge in [-0.2, -0.15) is 0 Å². The molecule has 19 heavy (non-hydrogen) atoms. The number of H-pyrrole nitrogens is 1. The van der Waals surface area contributed by atoms with Crippen molar-refractivity contribution in [1.29, 1.82) is 0 Å². The summed E-state index contributed by atoms with van der Waals surface area (Å²) in [6.45, 7) is 4.10. The lowest BCUT2D eigenvalue weighted by molar-refractivity contribution is 0.101. The number of Topliss-reactive ketones (excluding diaryl/α,β-unsaturated/α-hetero) is 1. The van der Waals surface area contributed by atoms with E-state index in [4.69, 9.17) is 0 Å². The zero-order valence-electron chi connectivity index (χ0n) is 10.7. The van der Waals surface area contributed by atoms with Crippen LogP contribution in [0.1, 0.15) is 30.6 Å². The molecule has 0 spiro atoms. The molecular weight excluding hydrogens is 264 g/mol. The average Bonchev–Trinajstić information content (AvgIpc) is 2.72. The molecule has 0 fully saturated rings. The van der Waals surface area contributed by atoms with Crippen LogP contribution in [0.2, 0.25) is 0 Å². The van der Waals surface area contributed by atoms with Crippen LogP contribution < -0.4 is 5.69 Å². The smallest absolute Gasteiger partial charge is 0.295 e. The second-order valence-electron chi connectivity index (χ2n) is 4.00. The Morgan fingerprint density at radius 3 is 3.00 bits per heavy atom. The van der Waals surface area contributed by atoms with Gasteiger partial charge in [0.05, 0.1) is 0 Å². The zero-order valence-corrected chi connectivity index (χ0v) is 11.5. The first-order valence-electron chi connectivity index (χ1n) is 5.92. The number of nitrogens with one attached hydrogen (secondary N) is 1. The molecule has 0 saturated carbocycles. The van der Waals surface area contributed by atoms with Crippen LogP contribution in [0.25, 0.3) is 0 Å². The first-order valence-corrected chi connectivity index (χ1v) is 6.73. The Bertz CT molecular complexity index is 647. The van der Waals surface area contributed by atoms with Crippen molar-refractivity contribution in [1.82, 2.24) is 19.7 Å². The van der Waals surface area contributed by atoms with Gasteiger partial charge in [-0.15, -0.1) is 5.10 Å². The number of aromatic nitrogens is 4. The van der Waals surface area contributed by atoms with Gasteiger partial charge in [-0.3, -0.25) is 9.36 Å². The average molecular weight is 278 g/mol. The number of aromatic amines is 1. The highest BCUT2D eigenvalue weighted by Gasteiger charge is 2.11. The standard InChI is InChI=1S/C12H14N4O2S/c1-3-6-16-11(18)14-15-12(16)19-10-7-9(8(2)17)4-5-13-10/h4-5,7H,3,6H2,1-2H3,(H,14,18). The van der Waals surface area contributed by atoms with Gasteiger partial charge in [-0.05, 0) is 37.2 Å². The van der Waals surface area contributed by atoms with Crippen LogP contribution in [0.3, 0.4) is 0 Å². The van der Waals surface area contributed by atoms with E-state index in [0.717, 1.165) is 6.42 Å². The van der Waals surface area contributed by atoms with E-state index in [1.54, 1.807) is 22.9 Å². The molecule has 0 aliphatic heterocycles. The van der Waals surface area contributed by atoms with E-state index in [0.29, 0.717) is 22.3 Å². The van der Waals surface area contributed by atoms with Crippen LogP contribution in [0.5, 0.6) is 0 Å². The summed E-state index contributed by atoms with van der Waals surface area (Å²) in [6.07, 6.45) is 2.42. The van der Waals surface area contributed by atoms with Crippen LogP contribution in [-0.2, 0) is 6.54 Å². The Hall–Kier alpha value is -1.89. The molecule has 0 radical (unpaired) electrons. The molecule has 0 atom stereocenters. The van der Waals surface area contributed by atoms with Crippen LogP contribution in [0.4, 0.5) is 0 Å². The van der Waals surface area contributed by atoms with Crippen molar-refractivity contribution >= 4 is 17.5 Å². The van der Waals surface area contributed by atoms with Crippen molar-refractivity contribution in [3.8, 4) is 0 Å². The molecule has 0 aromatic carbocycles. The summed E-state index contributed by atoms with van der Waals surface area (Å²) in [5.41, 5.74) is 0.365. The Balaban J connectivity index is 2.28. The molecule has 2 aromatic rings. The van der Waals surface area contributed by atoms with Crippen molar-refractivity contribution in [3.05, 3.63) is 34.4 Å². The first-order chi connectivity index (χ1) is 9.11. The maximum Gasteiger partial charge on any atom is 0.343 e. The number of hydrogen-bond donors (Lipinski definition) is 1. The molecule has 0 unspecified atom stereocenters. The van der Waals surface area contributed by atoms with E-state index in [-0.39, 0.29) is 11.5 Å². The quantitative estimate of drug-likeness (QED) is 0.842. The number of nitrogens with zero attached hydrogens (tertiary/aromatic N) is 3. The Kier molecular flexibility index (Phi) is 4.16. The summed E-state index contributed by atoms with van der Waals surface area (Å²) < 4.78 is 1.56. The lowest BCUT2D eigenvalue weighted by Crippen LogP contribution is -2.17. The number of rotatable bonds is 5. The minimum Gasteiger partial charge on any atom is -0.295 e. The van der Waals surface area contributed by atoms with Gasteiger partial charge in [0.25, 0.3) is 0 Å². The second-order valence-corrected chi connectivity index (χ2v) is 4.99. The van der Waals surface area contributed by atoms with E-state index in [1.165, 1.54) is 18.7 Å². The molecule has 0 amide bonds. The Morgan fingerprint density at radius 1 is 1.53 bits per heavy atom. The van der Waals surface area contributed by atoms with Crippen molar-refractivity contribution in [2.24, 2.45) is 0 Å². The van der Waals surface area contributed by atoms with Crippen LogP contribution >= 0.6 is 11.8 Å². The summed E-state index contributed by atoms with van der Waals surface area (Å²) in [5, 5.41) is 7.59. The summed E-state index contributed by atoms with van der Waals surface area (Å²) >= 11 is 1.26. The zero-order chi connectivity index (χ0) is 13.8. The number of carbonyl (C=O) groups excluding carboxylic acids is 1. The number of hydrogen-bond acceptors (Lipinski definition) is 5. The van der Waals surface area contributed by atoms with Gasteiger partial charge >= 0.3 is 5.69 Å². The van der Waals surface area contributed by atoms with E-state index in [1.807, 2.05) is 6.92 Å². The molecule has 2 aromatic heterocycles. The molecule has 7 heteroatoms. The SMILES string of the molecule is CCCn1c(Sc2cc(C(C)=O)ccn2)n[nH]c1=O. The third-order valence-corrected chi connectivity index (χ3v) is 3.43. The summed E-state index contributed by atoms with van der Waals surface area (Å²) in [7, 11) is 0. The molecule has 0 aliphatic rings. The summed E-state index contributed by atoms with van der Waals surface area (Å²) in [5.74, 6) is -0.0165. The topological polar surface area (TPSA) is 80.6 Å². The minimum absolute atomic E-state index is 0.0165. The lowest BCUT2D eigenvalue weighted by Gasteiger charge is -2.03. The number of pyridine rings is 1. The fourth-order valence-corrected chi connectivity index (χ4v) is 2.44. The Morgan fingerprint density at radius 2 is 2.32 bits per heavy atom. The molecule has 100 valence electrons. The van der Waals surface area contributed by atoms with E-state index in [9.17, 15) is 9.59 Å². The van der Waals surface area contributed by atoms with Crippen molar-refractivity contribution < 1.29 is 4.79 Å². The lowest BCUT2D eigenvalue weighted by atomic mass is 10.2. The van der Waals surface area contributed by atoms with Gasteiger partial charge < -0.3 is 0 Å². The first kappa shape index (κ1) is 13.5. The van der Waals surface area contributed by atoms with Crippen LogP contribution in [0.15, 0.2) is 33.3 Å². The van der Waals surface area contributed by atoms with Gasteiger partial charge in [-0.25, -0.2) is 14.9 Å². The Labute approximate surface area is 114 Å².